The fourth-order valence-corrected chi connectivity index (χ4v) is 3.13. The van der Waals surface area contributed by atoms with Gasteiger partial charge in [-0.2, -0.15) is 0 Å². The van der Waals surface area contributed by atoms with Crippen LogP contribution >= 0.6 is 23.2 Å². The molecule has 21 heavy (non-hydrogen) atoms. The first-order chi connectivity index (χ1) is 9.83. The molecule has 0 aliphatic heterocycles. The van der Waals surface area contributed by atoms with E-state index in [9.17, 15) is 8.42 Å². The summed E-state index contributed by atoms with van der Waals surface area (Å²) < 4.78 is 32.3. The van der Waals surface area contributed by atoms with Crippen molar-refractivity contribution in [2.45, 2.75) is 11.8 Å². The highest BCUT2D eigenvalue weighted by Gasteiger charge is 2.18. The van der Waals surface area contributed by atoms with E-state index >= 15 is 0 Å². The minimum absolute atomic E-state index is 0.0113. The zero-order valence-corrected chi connectivity index (χ0v) is 13.6. The first-order valence-electron chi connectivity index (χ1n) is 5.82. The molecule has 1 N–H and O–H groups in total. The molecule has 0 bridgehead atoms. The Kier molecular flexibility index (Phi) is 4.61. The van der Waals surface area contributed by atoms with E-state index in [-0.39, 0.29) is 10.0 Å². The fraction of sp³-hybridized carbons (Fsp3) is 0.154. The number of methoxy groups -OCH3 is 1. The number of sulfonamides is 1. The van der Waals surface area contributed by atoms with Gasteiger partial charge in [0.25, 0.3) is 10.0 Å². The third kappa shape index (κ3) is 3.58. The van der Waals surface area contributed by atoms with Gasteiger partial charge in [0.15, 0.2) is 0 Å². The van der Waals surface area contributed by atoms with E-state index in [2.05, 4.69) is 9.71 Å². The molecule has 8 heteroatoms. The third-order valence-corrected chi connectivity index (χ3v) is 4.71. The van der Waals surface area contributed by atoms with E-state index in [0.717, 1.165) is 5.56 Å². The Morgan fingerprint density at radius 1 is 1.24 bits per heavy atom. The second-order valence-corrected chi connectivity index (χ2v) is 6.70. The third-order valence-electron chi connectivity index (χ3n) is 2.73. The minimum atomic E-state index is -3.80. The van der Waals surface area contributed by atoms with Crippen molar-refractivity contribution in [2.75, 3.05) is 11.8 Å². The highest BCUT2D eigenvalue weighted by molar-refractivity contribution is 7.92. The van der Waals surface area contributed by atoms with Crippen LogP contribution in [0.25, 0.3) is 0 Å². The molecule has 1 aromatic heterocycles. The van der Waals surface area contributed by atoms with E-state index in [1.807, 2.05) is 0 Å². The number of nitrogens with one attached hydrogen (secondary N) is 1. The molecule has 2 rings (SSSR count). The smallest absolute Gasteiger partial charge is 0.262 e. The summed E-state index contributed by atoms with van der Waals surface area (Å²) in [7, 11) is -2.36. The molecular weight excluding hydrogens is 335 g/mol. The van der Waals surface area contributed by atoms with Gasteiger partial charge in [-0.25, -0.2) is 13.4 Å². The van der Waals surface area contributed by atoms with Crippen LogP contribution in [-0.4, -0.2) is 20.5 Å². The summed E-state index contributed by atoms with van der Waals surface area (Å²) in [4.78, 5) is 3.76. The number of rotatable bonds is 4. The number of anilines is 1. The Balaban J connectivity index is 2.44. The summed E-state index contributed by atoms with van der Waals surface area (Å²) in [6.07, 6.45) is 1.32. The molecule has 5 nitrogen and oxygen atoms in total. The number of hydrogen-bond donors (Lipinski definition) is 1. The lowest BCUT2D eigenvalue weighted by Crippen LogP contribution is -2.14. The highest BCUT2D eigenvalue weighted by Crippen LogP contribution is 2.32. The number of halogens is 2. The number of nitrogens with zero attached hydrogens (tertiary/aromatic N) is 1. The zero-order valence-electron chi connectivity index (χ0n) is 11.2. The van der Waals surface area contributed by atoms with Crippen molar-refractivity contribution in [3.05, 3.63) is 46.2 Å². The first-order valence-corrected chi connectivity index (χ1v) is 8.06. The van der Waals surface area contributed by atoms with Gasteiger partial charge in [0.2, 0.25) is 0 Å². The molecule has 0 saturated heterocycles. The average molecular weight is 347 g/mol. The Morgan fingerprint density at radius 2 is 1.95 bits per heavy atom. The van der Waals surface area contributed by atoms with Crippen LogP contribution in [0.1, 0.15) is 5.56 Å². The van der Waals surface area contributed by atoms with Gasteiger partial charge in [-0.1, -0.05) is 23.2 Å². The molecule has 0 fully saturated rings. The second kappa shape index (κ2) is 6.09. The molecule has 112 valence electrons. The van der Waals surface area contributed by atoms with Crippen LogP contribution in [0.2, 0.25) is 10.2 Å². The first kappa shape index (κ1) is 15.9. The summed E-state index contributed by atoms with van der Waals surface area (Å²) in [6.45, 7) is 1.77. The van der Waals surface area contributed by atoms with Crippen LogP contribution in [0.5, 0.6) is 5.75 Å². The number of hydrogen-bond acceptors (Lipinski definition) is 4. The van der Waals surface area contributed by atoms with Gasteiger partial charge < -0.3 is 4.74 Å². The van der Waals surface area contributed by atoms with Crippen LogP contribution in [-0.2, 0) is 10.0 Å². The largest absolute Gasteiger partial charge is 0.495 e. The van der Waals surface area contributed by atoms with Crippen molar-refractivity contribution >= 4 is 38.9 Å². The monoisotopic (exact) mass is 346 g/mol. The topological polar surface area (TPSA) is 68.3 Å². The Morgan fingerprint density at radius 3 is 2.57 bits per heavy atom. The van der Waals surface area contributed by atoms with E-state index in [4.69, 9.17) is 27.9 Å². The normalized spacial score (nSPS) is 11.2. The Bertz CT molecular complexity index is 779. The van der Waals surface area contributed by atoms with Crippen molar-refractivity contribution in [2.24, 2.45) is 0 Å². The SMILES string of the molecule is COc1cc(Cl)c(C)cc1NS(=O)(=O)c1ccnc(Cl)c1. The average Bonchev–Trinajstić information content (AvgIpc) is 2.42. The van der Waals surface area contributed by atoms with E-state index in [1.54, 1.807) is 19.1 Å². The molecule has 1 heterocycles. The van der Waals surface area contributed by atoms with Gasteiger partial charge >= 0.3 is 0 Å². The van der Waals surface area contributed by atoms with Crippen molar-refractivity contribution in [3.8, 4) is 5.75 Å². The maximum atomic E-state index is 12.3. The summed E-state index contributed by atoms with van der Waals surface area (Å²) >= 11 is 11.7. The summed E-state index contributed by atoms with van der Waals surface area (Å²) in [6, 6.07) is 5.76. The Labute approximate surface area is 132 Å². The minimum Gasteiger partial charge on any atom is -0.495 e. The summed E-state index contributed by atoms with van der Waals surface area (Å²) in [5, 5.41) is 0.582. The summed E-state index contributed by atoms with van der Waals surface area (Å²) in [5.41, 5.74) is 1.02. The lowest BCUT2D eigenvalue weighted by molar-refractivity contribution is 0.417. The van der Waals surface area contributed by atoms with Crippen LogP contribution < -0.4 is 9.46 Å². The molecule has 0 aliphatic rings. The number of benzene rings is 1. The van der Waals surface area contributed by atoms with E-state index in [0.29, 0.717) is 16.5 Å². The zero-order chi connectivity index (χ0) is 15.6. The maximum absolute atomic E-state index is 12.3. The van der Waals surface area contributed by atoms with E-state index in [1.165, 1.54) is 25.4 Å². The fourth-order valence-electron chi connectivity index (χ4n) is 1.67. The molecule has 0 spiro atoms. The number of aromatic nitrogens is 1. The van der Waals surface area contributed by atoms with Crippen LogP contribution in [0.4, 0.5) is 5.69 Å². The van der Waals surface area contributed by atoms with Gasteiger partial charge in [-0.05, 0) is 30.7 Å². The van der Waals surface area contributed by atoms with Crippen molar-refractivity contribution in [1.29, 1.82) is 0 Å². The Hall–Kier alpha value is -1.50. The standard InChI is InChI=1S/C13H12Cl2N2O3S/c1-8-5-11(12(20-2)7-10(8)14)17-21(18,19)9-3-4-16-13(15)6-9/h3-7,17H,1-2H3. The molecule has 1 aromatic carbocycles. The van der Waals surface area contributed by atoms with Crippen molar-refractivity contribution in [3.63, 3.8) is 0 Å². The van der Waals surface area contributed by atoms with Gasteiger partial charge in [0, 0.05) is 17.3 Å². The quantitative estimate of drug-likeness (QED) is 0.860. The number of ether oxygens (including phenoxy) is 1. The highest BCUT2D eigenvalue weighted by atomic mass is 35.5. The molecule has 0 radical (unpaired) electrons. The summed E-state index contributed by atoms with van der Waals surface area (Å²) in [5.74, 6) is 0.328. The number of aryl methyl sites for hydroxylation is 1. The predicted octanol–water partition coefficient (Wildman–Crippen LogP) is 3.51. The van der Waals surface area contributed by atoms with Gasteiger partial charge in [0.1, 0.15) is 10.9 Å². The molecule has 0 saturated carbocycles. The molecule has 0 amide bonds. The maximum Gasteiger partial charge on any atom is 0.262 e. The van der Waals surface area contributed by atoms with Crippen molar-refractivity contribution in [1.82, 2.24) is 4.98 Å². The van der Waals surface area contributed by atoms with Gasteiger partial charge in [-0.3, -0.25) is 4.72 Å². The van der Waals surface area contributed by atoms with E-state index < -0.39 is 10.0 Å². The molecular formula is C13H12Cl2N2O3S. The van der Waals surface area contributed by atoms with Crippen LogP contribution in [0.3, 0.4) is 0 Å². The van der Waals surface area contributed by atoms with Crippen LogP contribution in [0, 0.1) is 6.92 Å². The molecule has 2 aromatic rings. The lowest BCUT2D eigenvalue weighted by atomic mass is 10.2. The van der Waals surface area contributed by atoms with Crippen molar-refractivity contribution < 1.29 is 13.2 Å². The molecule has 0 unspecified atom stereocenters. The lowest BCUT2D eigenvalue weighted by Gasteiger charge is -2.13. The van der Waals surface area contributed by atoms with Gasteiger partial charge in [0.05, 0.1) is 17.7 Å². The number of pyridine rings is 1. The molecule has 0 aliphatic carbocycles. The predicted molar refractivity (Wildman–Crippen MR) is 82.8 cm³/mol. The van der Waals surface area contributed by atoms with Crippen LogP contribution in [0.15, 0.2) is 35.4 Å². The molecule has 0 atom stereocenters. The van der Waals surface area contributed by atoms with Gasteiger partial charge in [-0.15, -0.1) is 0 Å². The second-order valence-electron chi connectivity index (χ2n) is 4.22.